The van der Waals surface area contributed by atoms with Crippen LogP contribution in [0.15, 0.2) is 16.6 Å². The van der Waals surface area contributed by atoms with Crippen LogP contribution in [0, 0.1) is 0 Å². The fourth-order valence-corrected chi connectivity index (χ4v) is 1.46. The van der Waals surface area contributed by atoms with Crippen LogP contribution in [0.25, 0.3) is 0 Å². The van der Waals surface area contributed by atoms with E-state index in [1.54, 1.807) is 6.07 Å². The number of rotatable bonds is 1. The van der Waals surface area contributed by atoms with Crippen molar-refractivity contribution < 1.29 is 0 Å². The van der Waals surface area contributed by atoms with Gasteiger partial charge >= 0.3 is 0 Å². The van der Waals surface area contributed by atoms with Gasteiger partial charge in [0.05, 0.1) is 5.69 Å². The molecule has 0 aliphatic carbocycles. The molecule has 0 aromatic carbocycles. The maximum atomic E-state index is 5.63. The van der Waals surface area contributed by atoms with E-state index >= 15 is 0 Å². The van der Waals surface area contributed by atoms with Gasteiger partial charge in [-0.3, -0.25) is 0 Å². The zero-order valence-corrected chi connectivity index (χ0v) is 7.48. The second-order valence-corrected chi connectivity index (χ2v) is 3.11. The summed E-state index contributed by atoms with van der Waals surface area (Å²) in [6.07, 6.45) is 0. The Bertz CT molecular complexity index is 219. The van der Waals surface area contributed by atoms with Gasteiger partial charge in [0.25, 0.3) is 0 Å². The lowest BCUT2D eigenvalue weighted by atomic mass is 10.4. The third kappa shape index (κ3) is 1.94. The second kappa shape index (κ2) is 3.32. The first-order chi connectivity index (χ1) is 4.72. The van der Waals surface area contributed by atoms with Crippen LogP contribution in [0.3, 0.4) is 0 Å². The van der Waals surface area contributed by atoms with Gasteiger partial charge < -0.3 is 5.73 Å². The molecule has 0 atom stereocenters. The summed E-state index contributed by atoms with van der Waals surface area (Å²) in [5, 5.41) is 0.467. The summed E-state index contributed by atoms with van der Waals surface area (Å²) in [5.74, 6) is 0. The van der Waals surface area contributed by atoms with Crippen molar-refractivity contribution in [2.24, 2.45) is 5.73 Å². The average molecular weight is 221 g/mol. The lowest BCUT2D eigenvalue weighted by molar-refractivity contribution is 0.988. The minimum absolute atomic E-state index is 0.416. The van der Waals surface area contributed by atoms with E-state index in [4.69, 9.17) is 17.3 Å². The second-order valence-electron chi connectivity index (χ2n) is 1.80. The molecule has 1 aromatic heterocycles. The SMILES string of the molecule is NCc1cc(Br)cc(Cl)n1. The van der Waals surface area contributed by atoms with Crippen LogP contribution in [0.2, 0.25) is 5.15 Å². The highest BCUT2D eigenvalue weighted by atomic mass is 79.9. The molecular weight excluding hydrogens is 215 g/mol. The monoisotopic (exact) mass is 220 g/mol. The highest BCUT2D eigenvalue weighted by Gasteiger charge is 1.95. The topological polar surface area (TPSA) is 38.9 Å². The molecule has 0 aliphatic rings. The number of aromatic nitrogens is 1. The minimum atomic E-state index is 0.416. The van der Waals surface area contributed by atoms with Gasteiger partial charge in [-0.15, -0.1) is 0 Å². The lowest BCUT2D eigenvalue weighted by Crippen LogP contribution is -1.98. The highest BCUT2D eigenvalue weighted by Crippen LogP contribution is 2.15. The summed E-state index contributed by atoms with van der Waals surface area (Å²) < 4.78 is 0.910. The molecule has 0 amide bonds. The Kier molecular flexibility index (Phi) is 2.65. The van der Waals surface area contributed by atoms with Gasteiger partial charge in [0.2, 0.25) is 0 Å². The van der Waals surface area contributed by atoms with Gasteiger partial charge in [0.1, 0.15) is 5.15 Å². The molecule has 0 spiro atoms. The predicted molar refractivity (Wildman–Crippen MR) is 44.8 cm³/mol. The molecule has 0 saturated heterocycles. The third-order valence-corrected chi connectivity index (χ3v) is 1.67. The molecule has 0 unspecified atom stereocenters. The van der Waals surface area contributed by atoms with Crippen molar-refractivity contribution in [3.8, 4) is 0 Å². The van der Waals surface area contributed by atoms with Crippen LogP contribution in [-0.4, -0.2) is 4.98 Å². The normalized spacial score (nSPS) is 9.90. The van der Waals surface area contributed by atoms with E-state index in [-0.39, 0.29) is 0 Å². The Morgan fingerprint density at radius 3 is 2.80 bits per heavy atom. The zero-order valence-electron chi connectivity index (χ0n) is 5.14. The van der Waals surface area contributed by atoms with Crippen molar-refractivity contribution in [3.05, 3.63) is 27.5 Å². The van der Waals surface area contributed by atoms with Crippen molar-refractivity contribution in [3.63, 3.8) is 0 Å². The first-order valence-electron chi connectivity index (χ1n) is 2.74. The van der Waals surface area contributed by atoms with Gasteiger partial charge in [-0.05, 0) is 12.1 Å². The van der Waals surface area contributed by atoms with E-state index in [0.717, 1.165) is 10.2 Å². The Labute approximate surface area is 72.5 Å². The van der Waals surface area contributed by atoms with Crippen LogP contribution in [0.5, 0.6) is 0 Å². The molecule has 1 aromatic rings. The van der Waals surface area contributed by atoms with E-state index in [1.807, 2.05) is 6.07 Å². The summed E-state index contributed by atoms with van der Waals surface area (Å²) in [4.78, 5) is 3.96. The smallest absolute Gasteiger partial charge is 0.130 e. The summed E-state index contributed by atoms with van der Waals surface area (Å²) >= 11 is 8.91. The molecule has 0 radical (unpaired) electrons. The number of halogens is 2. The van der Waals surface area contributed by atoms with Gasteiger partial charge in [-0.2, -0.15) is 0 Å². The molecule has 0 fully saturated rings. The first-order valence-corrected chi connectivity index (χ1v) is 3.91. The van der Waals surface area contributed by atoms with Crippen molar-refractivity contribution in [2.75, 3.05) is 0 Å². The Morgan fingerprint density at radius 1 is 1.60 bits per heavy atom. The maximum Gasteiger partial charge on any atom is 0.130 e. The van der Waals surface area contributed by atoms with Crippen molar-refractivity contribution in [1.29, 1.82) is 0 Å². The Balaban J connectivity index is 3.06. The zero-order chi connectivity index (χ0) is 7.56. The van der Waals surface area contributed by atoms with Gasteiger partial charge in [0.15, 0.2) is 0 Å². The Morgan fingerprint density at radius 2 is 2.30 bits per heavy atom. The molecular formula is C6H6BrClN2. The van der Waals surface area contributed by atoms with E-state index in [9.17, 15) is 0 Å². The van der Waals surface area contributed by atoms with Gasteiger partial charge in [-0.25, -0.2) is 4.98 Å². The fourth-order valence-electron chi connectivity index (χ4n) is 0.621. The summed E-state index contributed by atoms with van der Waals surface area (Å²) in [5.41, 5.74) is 6.14. The van der Waals surface area contributed by atoms with E-state index in [1.165, 1.54) is 0 Å². The van der Waals surface area contributed by atoms with E-state index in [2.05, 4.69) is 20.9 Å². The van der Waals surface area contributed by atoms with Crippen LogP contribution in [0.1, 0.15) is 5.69 Å². The number of hydrogen-bond acceptors (Lipinski definition) is 2. The molecule has 2 N–H and O–H groups in total. The van der Waals surface area contributed by atoms with Crippen molar-refractivity contribution in [2.45, 2.75) is 6.54 Å². The van der Waals surface area contributed by atoms with Crippen molar-refractivity contribution in [1.82, 2.24) is 4.98 Å². The molecule has 2 nitrogen and oxygen atoms in total. The van der Waals surface area contributed by atoms with Crippen LogP contribution in [0.4, 0.5) is 0 Å². The van der Waals surface area contributed by atoms with Crippen LogP contribution < -0.4 is 5.73 Å². The largest absolute Gasteiger partial charge is 0.325 e. The Hall–Kier alpha value is -0.120. The molecule has 0 aliphatic heterocycles. The standard InChI is InChI=1S/C6H6BrClN2/c7-4-1-5(3-9)10-6(8)2-4/h1-2H,3,9H2. The summed E-state index contributed by atoms with van der Waals surface area (Å²) in [6, 6.07) is 3.56. The van der Waals surface area contributed by atoms with Crippen LogP contribution >= 0.6 is 27.5 Å². The number of hydrogen-bond donors (Lipinski definition) is 1. The van der Waals surface area contributed by atoms with E-state index < -0.39 is 0 Å². The van der Waals surface area contributed by atoms with Gasteiger partial charge in [0, 0.05) is 11.0 Å². The molecule has 0 bridgehead atoms. The molecule has 4 heteroatoms. The minimum Gasteiger partial charge on any atom is -0.325 e. The van der Waals surface area contributed by atoms with E-state index in [0.29, 0.717) is 11.7 Å². The van der Waals surface area contributed by atoms with Gasteiger partial charge in [-0.1, -0.05) is 27.5 Å². The molecule has 54 valence electrons. The average Bonchev–Trinajstić information content (AvgIpc) is 1.85. The maximum absolute atomic E-state index is 5.63. The molecule has 1 heterocycles. The third-order valence-electron chi connectivity index (χ3n) is 1.02. The molecule has 10 heavy (non-hydrogen) atoms. The fraction of sp³-hybridized carbons (Fsp3) is 0.167. The predicted octanol–water partition coefficient (Wildman–Crippen LogP) is 1.96. The van der Waals surface area contributed by atoms with Crippen molar-refractivity contribution >= 4 is 27.5 Å². The number of nitrogens with zero attached hydrogens (tertiary/aromatic N) is 1. The molecule has 1 rings (SSSR count). The first kappa shape index (κ1) is 7.98. The summed E-state index contributed by atoms with van der Waals surface area (Å²) in [7, 11) is 0. The summed E-state index contributed by atoms with van der Waals surface area (Å²) in [6.45, 7) is 0.416. The van der Waals surface area contributed by atoms with Crippen LogP contribution in [-0.2, 0) is 6.54 Å². The lowest BCUT2D eigenvalue weighted by Gasteiger charge is -1.96. The number of nitrogens with two attached hydrogens (primary N) is 1. The molecule has 0 saturated carbocycles. The highest BCUT2D eigenvalue weighted by molar-refractivity contribution is 9.10. The number of pyridine rings is 1. The quantitative estimate of drug-likeness (QED) is 0.736.